The lowest BCUT2D eigenvalue weighted by Crippen LogP contribution is -2.05. The summed E-state index contributed by atoms with van der Waals surface area (Å²) in [6.07, 6.45) is -1.36. The van der Waals surface area contributed by atoms with Crippen molar-refractivity contribution in [3.63, 3.8) is 0 Å². The van der Waals surface area contributed by atoms with Crippen molar-refractivity contribution in [3.8, 4) is 0 Å². The fourth-order valence-corrected chi connectivity index (χ4v) is 1.87. The van der Waals surface area contributed by atoms with Gasteiger partial charge in [-0.25, -0.2) is 13.8 Å². The van der Waals surface area contributed by atoms with Crippen molar-refractivity contribution in [2.75, 3.05) is 0 Å². The molecule has 0 aromatic carbocycles. The zero-order valence-electron chi connectivity index (χ0n) is 6.40. The summed E-state index contributed by atoms with van der Waals surface area (Å²) in [5, 5.41) is 0. The van der Waals surface area contributed by atoms with Crippen LogP contribution in [0.25, 0.3) is 0 Å². The molecule has 6 heteroatoms. The summed E-state index contributed by atoms with van der Waals surface area (Å²) < 4.78 is 26.0. The third-order valence-corrected chi connectivity index (χ3v) is 3.96. The minimum atomic E-state index is -2.53. The molecule has 0 fully saturated rings. The smallest absolute Gasteiger partial charge is 0.265 e. The van der Waals surface area contributed by atoms with Crippen LogP contribution in [0.1, 0.15) is 17.6 Å². The van der Waals surface area contributed by atoms with Gasteiger partial charge in [0, 0.05) is 18.3 Å². The molecule has 1 rings (SSSR count). The van der Waals surface area contributed by atoms with Gasteiger partial charge in [-0.15, -0.1) is 0 Å². The summed E-state index contributed by atoms with van der Waals surface area (Å²) >= 11 is 5.13. The first-order chi connectivity index (χ1) is 6.07. The van der Waals surface area contributed by atoms with E-state index in [0.717, 1.165) is 0 Å². The summed E-state index contributed by atoms with van der Waals surface area (Å²) in [6, 6.07) is 0. The quantitative estimate of drug-likeness (QED) is 0.649. The average molecular weight is 363 g/mol. The molecule has 0 amide bonds. The molecule has 0 bridgehead atoms. The van der Waals surface area contributed by atoms with Crippen molar-refractivity contribution in [2.24, 2.45) is 5.73 Å². The summed E-state index contributed by atoms with van der Waals surface area (Å²) in [5.74, 6) is 0. The molecule has 0 aliphatic heterocycles. The van der Waals surface area contributed by atoms with Gasteiger partial charge in [0.05, 0.1) is 4.47 Å². The fourth-order valence-electron chi connectivity index (χ4n) is 0.908. The Morgan fingerprint density at radius 3 is 2.69 bits per heavy atom. The number of halogens is 4. The standard InChI is InChI=1S/C7H6BrF2IN2/c8-5-3(1-12)4(6(9)10)2-13-7(5)11/h2,6H,1,12H2. The van der Waals surface area contributed by atoms with E-state index in [0.29, 0.717) is 13.7 Å². The molecule has 1 heterocycles. The number of rotatable bonds is 2. The third-order valence-electron chi connectivity index (χ3n) is 1.55. The second-order valence-corrected chi connectivity index (χ2v) is 4.12. The van der Waals surface area contributed by atoms with Crippen LogP contribution >= 0.6 is 38.5 Å². The molecule has 2 N–H and O–H groups in total. The minimum absolute atomic E-state index is 0.0821. The van der Waals surface area contributed by atoms with E-state index >= 15 is 0 Å². The molecule has 1 aromatic heterocycles. The lowest BCUT2D eigenvalue weighted by Gasteiger charge is -2.09. The van der Waals surface area contributed by atoms with Crippen LogP contribution in [-0.2, 0) is 6.54 Å². The number of aromatic nitrogens is 1. The maximum Gasteiger partial charge on any atom is 0.265 e. The van der Waals surface area contributed by atoms with Crippen LogP contribution in [0, 0.1) is 3.70 Å². The lowest BCUT2D eigenvalue weighted by atomic mass is 10.1. The van der Waals surface area contributed by atoms with Gasteiger partial charge in [-0.1, -0.05) is 0 Å². The van der Waals surface area contributed by atoms with Gasteiger partial charge in [0.15, 0.2) is 0 Å². The van der Waals surface area contributed by atoms with Gasteiger partial charge >= 0.3 is 0 Å². The van der Waals surface area contributed by atoms with Crippen LogP contribution in [0.3, 0.4) is 0 Å². The highest BCUT2D eigenvalue weighted by atomic mass is 127. The first-order valence-electron chi connectivity index (χ1n) is 3.39. The summed E-state index contributed by atoms with van der Waals surface area (Å²) in [7, 11) is 0. The maximum absolute atomic E-state index is 12.4. The maximum atomic E-state index is 12.4. The Morgan fingerprint density at radius 2 is 2.23 bits per heavy atom. The van der Waals surface area contributed by atoms with E-state index in [1.807, 2.05) is 22.6 Å². The number of alkyl halides is 2. The monoisotopic (exact) mass is 362 g/mol. The molecule has 0 aliphatic carbocycles. The number of nitrogens with two attached hydrogens (primary N) is 1. The van der Waals surface area contributed by atoms with Crippen molar-refractivity contribution < 1.29 is 8.78 Å². The molecular formula is C7H6BrF2IN2. The van der Waals surface area contributed by atoms with Gasteiger partial charge in [0.1, 0.15) is 3.70 Å². The van der Waals surface area contributed by atoms with E-state index in [9.17, 15) is 8.78 Å². The zero-order chi connectivity index (χ0) is 10.0. The number of pyridine rings is 1. The Bertz CT molecular complexity index is 320. The van der Waals surface area contributed by atoms with E-state index in [1.54, 1.807) is 0 Å². The molecule has 1 aromatic rings. The topological polar surface area (TPSA) is 38.9 Å². The molecule has 2 nitrogen and oxygen atoms in total. The predicted octanol–water partition coefficient (Wildman–Crippen LogP) is 2.85. The molecule has 13 heavy (non-hydrogen) atoms. The van der Waals surface area contributed by atoms with E-state index < -0.39 is 6.43 Å². The summed E-state index contributed by atoms with van der Waals surface area (Å²) in [6.45, 7) is 0.0821. The van der Waals surface area contributed by atoms with Gasteiger partial charge in [-0.3, -0.25) is 0 Å². The van der Waals surface area contributed by atoms with E-state index in [1.165, 1.54) is 6.20 Å². The Hall–Kier alpha value is 0.180. The van der Waals surface area contributed by atoms with Crippen molar-refractivity contribution in [1.82, 2.24) is 4.98 Å². The SMILES string of the molecule is NCc1c(C(F)F)cnc(I)c1Br. The van der Waals surface area contributed by atoms with Crippen LogP contribution in [0.15, 0.2) is 10.7 Å². The third kappa shape index (κ3) is 2.35. The molecule has 0 radical (unpaired) electrons. The zero-order valence-corrected chi connectivity index (χ0v) is 10.1. The molecule has 0 atom stereocenters. The van der Waals surface area contributed by atoms with Crippen LogP contribution in [-0.4, -0.2) is 4.98 Å². The van der Waals surface area contributed by atoms with Crippen molar-refractivity contribution in [3.05, 3.63) is 25.5 Å². The van der Waals surface area contributed by atoms with Crippen LogP contribution in [0.5, 0.6) is 0 Å². The molecule has 0 saturated heterocycles. The Kier molecular flexibility index (Phi) is 3.99. The molecule has 0 saturated carbocycles. The fraction of sp³-hybridized carbons (Fsp3) is 0.286. The van der Waals surface area contributed by atoms with Crippen molar-refractivity contribution in [1.29, 1.82) is 0 Å². The Balaban J connectivity index is 3.30. The molecule has 0 spiro atoms. The van der Waals surface area contributed by atoms with Gasteiger partial charge in [0.25, 0.3) is 6.43 Å². The van der Waals surface area contributed by atoms with Crippen LogP contribution in [0.2, 0.25) is 0 Å². The number of nitrogens with zero attached hydrogens (tertiary/aromatic N) is 1. The van der Waals surface area contributed by atoms with Gasteiger partial charge in [0.2, 0.25) is 0 Å². The molecular weight excluding hydrogens is 357 g/mol. The molecule has 0 aliphatic rings. The van der Waals surface area contributed by atoms with Gasteiger partial charge in [-0.2, -0.15) is 0 Å². The highest BCUT2D eigenvalue weighted by Gasteiger charge is 2.16. The lowest BCUT2D eigenvalue weighted by molar-refractivity contribution is 0.149. The van der Waals surface area contributed by atoms with Crippen LogP contribution < -0.4 is 5.73 Å². The van der Waals surface area contributed by atoms with E-state index in [2.05, 4.69) is 20.9 Å². The first kappa shape index (κ1) is 11.3. The summed E-state index contributed by atoms with van der Waals surface area (Å²) in [4.78, 5) is 3.81. The van der Waals surface area contributed by atoms with E-state index in [4.69, 9.17) is 5.73 Å². The Labute approximate surface area is 96.2 Å². The number of hydrogen-bond acceptors (Lipinski definition) is 2. The van der Waals surface area contributed by atoms with Crippen LogP contribution in [0.4, 0.5) is 8.78 Å². The predicted molar refractivity (Wildman–Crippen MR) is 57.5 cm³/mol. The van der Waals surface area contributed by atoms with E-state index in [-0.39, 0.29) is 12.1 Å². The second kappa shape index (κ2) is 4.61. The van der Waals surface area contributed by atoms with Gasteiger partial charge < -0.3 is 5.73 Å². The highest BCUT2D eigenvalue weighted by Crippen LogP contribution is 2.29. The van der Waals surface area contributed by atoms with Crippen molar-refractivity contribution >= 4 is 38.5 Å². The van der Waals surface area contributed by atoms with Crippen molar-refractivity contribution in [2.45, 2.75) is 13.0 Å². The number of hydrogen-bond donors (Lipinski definition) is 1. The second-order valence-electron chi connectivity index (χ2n) is 2.30. The normalized spacial score (nSPS) is 10.9. The summed E-state index contributed by atoms with van der Waals surface area (Å²) in [5.41, 5.74) is 5.69. The van der Waals surface area contributed by atoms with Gasteiger partial charge in [-0.05, 0) is 44.1 Å². The molecule has 72 valence electrons. The average Bonchev–Trinajstić information content (AvgIpc) is 2.09. The minimum Gasteiger partial charge on any atom is -0.326 e. The highest BCUT2D eigenvalue weighted by molar-refractivity contribution is 14.1. The first-order valence-corrected chi connectivity index (χ1v) is 5.26. The Morgan fingerprint density at radius 1 is 1.62 bits per heavy atom. The molecule has 0 unspecified atom stereocenters. The largest absolute Gasteiger partial charge is 0.326 e.